The predicted octanol–water partition coefficient (Wildman–Crippen LogP) is 22.6. The Morgan fingerprint density at radius 1 is 0.243 bits per heavy atom. The van der Waals surface area contributed by atoms with Gasteiger partial charge in [0.25, 0.3) is 0 Å². The van der Waals surface area contributed by atoms with Gasteiger partial charge in [0, 0.05) is 112 Å². The van der Waals surface area contributed by atoms with Gasteiger partial charge in [-0.1, -0.05) is 357 Å². The molecular formula is C117H245N13O14. The Kier molecular flexibility index (Phi) is 120. The molecule has 0 fully saturated rings. The van der Waals surface area contributed by atoms with Crippen molar-refractivity contribution < 1.29 is 68.6 Å². The minimum absolute atomic E-state index is 0.0179. The van der Waals surface area contributed by atoms with Crippen LogP contribution in [0.1, 0.15) is 474 Å². The van der Waals surface area contributed by atoms with Gasteiger partial charge in [0.2, 0.25) is 23.6 Å². The van der Waals surface area contributed by atoms with Crippen molar-refractivity contribution in [3.05, 3.63) is 0 Å². The minimum atomic E-state index is -0.840. The second-order valence-electron chi connectivity index (χ2n) is 45.9. The van der Waals surface area contributed by atoms with Crippen LogP contribution in [0.5, 0.6) is 0 Å². The molecule has 0 bridgehead atoms. The molecular weight excluding hydrogens is 1810 g/mol. The van der Waals surface area contributed by atoms with E-state index in [2.05, 4.69) is 219 Å². The molecule has 0 saturated heterocycles. The molecule has 6 atom stereocenters. The fourth-order valence-electron chi connectivity index (χ4n) is 14.0. The molecule has 18 N–H and O–H groups in total. The van der Waals surface area contributed by atoms with Crippen molar-refractivity contribution in [3.63, 3.8) is 0 Å². The number of carbonyl (C=O) groups is 8. The maximum atomic E-state index is 11.8. The highest BCUT2D eigenvalue weighted by molar-refractivity contribution is 5.79. The van der Waals surface area contributed by atoms with Crippen LogP contribution in [-0.4, -0.2) is 230 Å². The van der Waals surface area contributed by atoms with Crippen LogP contribution < -0.4 is 69.1 Å². The van der Waals surface area contributed by atoms with Gasteiger partial charge in [0.1, 0.15) is 24.2 Å². The number of carboxylic acid groups (broad SMARTS) is 4. The highest BCUT2D eigenvalue weighted by Crippen LogP contribution is 2.17. The number of unbranched alkanes of at least 4 members (excludes halogenated alkanes) is 15. The van der Waals surface area contributed by atoms with E-state index >= 15 is 0 Å². The molecule has 0 unspecified atom stereocenters. The molecule has 0 spiro atoms. The van der Waals surface area contributed by atoms with Crippen molar-refractivity contribution in [2.75, 3.05) is 78.7 Å². The summed E-state index contributed by atoms with van der Waals surface area (Å²) in [7, 11) is 0. The molecule has 0 aliphatic heterocycles. The van der Waals surface area contributed by atoms with Crippen molar-refractivity contribution in [2.45, 2.75) is 553 Å². The van der Waals surface area contributed by atoms with Crippen molar-refractivity contribution in [3.8, 4) is 11.8 Å². The van der Waals surface area contributed by atoms with Gasteiger partial charge >= 0.3 is 23.9 Å². The first-order valence-corrected chi connectivity index (χ1v) is 57.7. The van der Waals surface area contributed by atoms with Crippen molar-refractivity contribution in [1.29, 1.82) is 0 Å². The first-order valence-electron chi connectivity index (χ1n) is 57.7. The summed E-state index contributed by atoms with van der Waals surface area (Å²) in [4.78, 5) is 90.1. The largest absolute Gasteiger partial charge is 0.480 e. The summed E-state index contributed by atoms with van der Waals surface area (Å²) < 4.78 is 5.36. The predicted molar refractivity (Wildman–Crippen MR) is 615 cm³/mol. The first kappa shape index (κ1) is 157. The van der Waals surface area contributed by atoms with Gasteiger partial charge in [-0.15, -0.1) is 5.92 Å². The van der Waals surface area contributed by atoms with Crippen molar-refractivity contribution in [1.82, 2.24) is 69.1 Å². The molecule has 0 saturated carbocycles. The van der Waals surface area contributed by atoms with Gasteiger partial charge in [-0.3, -0.25) is 38.4 Å². The van der Waals surface area contributed by atoms with Crippen LogP contribution >= 0.6 is 0 Å². The van der Waals surface area contributed by atoms with Crippen molar-refractivity contribution >= 4 is 47.5 Å². The highest BCUT2D eigenvalue weighted by Gasteiger charge is 2.24. The fourth-order valence-corrected chi connectivity index (χ4v) is 14.0. The minimum Gasteiger partial charge on any atom is -0.480 e. The van der Waals surface area contributed by atoms with E-state index in [4.69, 9.17) is 30.3 Å². The number of aliphatic hydroxyl groups is 1. The topological polar surface area (TPSA) is 403 Å². The third-order valence-electron chi connectivity index (χ3n) is 22.7. The zero-order chi connectivity index (χ0) is 112. The van der Waals surface area contributed by atoms with Crippen LogP contribution in [0.3, 0.4) is 0 Å². The Balaban J connectivity index is -0.000000205. The number of nitrogens with one attached hydrogen (secondary N) is 13. The molecule has 0 aliphatic carbocycles. The summed E-state index contributed by atoms with van der Waals surface area (Å²) >= 11 is 0. The summed E-state index contributed by atoms with van der Waals surface area (Å²) in [6.45, 7) is 86.6. The molecule has 0 rings (SSSR count). The molecule has 862 valence electrons. The van der Waals surface area contributed by atoms with E-state index in [0.29, 0.717) is 125 Å². The van der Waals surface area contributed by atoms with Gasteiger partial charge in [-0.05, 0) is 177 Å². The molecule has 27 nitrogen and oxygen atoms in total. The molecule has 0 aliphatic rings. The Labute approximate surface area is 889 Å². The van der Waals surface area contributed by atoms with Crippen LogP contribution in [0.25, 0.3) is 0 Å². The number of aliphatic hydroxyl groups excluding tert-OH is 1. The van der Waals surface area contributed by atoms with Gasteiger partial charge < -0.3 is 99.4 Å². The molecule has 27 heteroatoms. The summed E-state index contributed by atoms with van der Waals surface area (Å²) in [6.07, 6.45) is 37.4. The fraction of sp³-hybridized carbons (Fsp3) is 0.915. The lowest BCUT2D eigenvalue weighted by atomic mass is 9.96. The molecule has 0 radical (unpaired) electrons. The van der Waals surface area contributed by atoms with Gasteiger partial charge in [0.05, 0.1) is 32.3 Å². The van der Waals surface area contributed by atoms with Gasteiger partial charge in [0.15, 0.2) is 0 Å². The zero-order valence-electron chi connectivity index (χ0n) is 101. The zero-order valence-corrected chi connectivity index (χ0v) is 101. The summed E-state index contributed by atoms with van der Waals surface area (Å²) in [5.74, 6) is 8.34. The number of aliphatic carboxylic acids is 4. The molecule has 4 amide bonds. The lowest BCUT2D eigenvalue weighted by molar-refractivity contribution is -0.140. The van der Waals surface area contributed by atoms with E-state index < -0.39 is 42.0 Å². The average molecular weight is 2060 g/mol. The van der Waals surface area contributed by atoms with E-state index in [1.807, 2.05) is 118 Å². The van der Waals surface area contributed by atoms with Crippen LogP contribution in [0.15, 0.2) is 0 Å². The van der Waals surface area contributed by atoms with E-state index in [9.17, 15) is 38.4 Å². The van der Waals surface area contributed by atoms with Crippen LogP contribution in [-0.2, 0) is 43.1 Å². The molecule has 0 aromatic rings. The Morgan fingerprint density at radius 3 is 0.778 bits per heavy atom. The average Bonchev–Trinajstić information content (AvgIpc) is 0.923. The van der Waals surface area contributed by atoms with Gasteiger partial charge in [-0.2, -0.15) is 0 Å². The number of hydrogen-bond donors (Lipinski definition) is 18. The Bertz CT molecular complexity index is 2870. The molecule has 0 aromatic heterocycles. The quantitative estimate of drug-likeness (QED) is 0.0199. The Hall–Kier alpha value is -5.12. The SMILES string of the molecule is CC(C)CC(=O)NCCCC[C@H](NC(C)C)C(=O)O.CC(C)CC(=O)NCCOCCNC(C)C.CC(C)CCCCC#CCNC(C)C.CC(C)CCCCCCCNC(C)C.CC(C)CCCCCCNC(C)C.CC(C)CCCCCNC(C)C.CC(C)CCCC[C@H](NC(C)C)C(=O)O.CC(C)N[C@@H](CCCCNC(=O)[C@@H](C)C(C)C)C(=O)O.CC(C)N[C@@H](CCCCNC(=O)[C@@H](CO)C(C)C)C(=O)O. The number of carboxylic acids is 4. The summed E-state index contributed by atoms with van der Waals surface area (Å²) in [5, 5.41) is 85.7. The Morgan fingerprint density at radius 2 is 0.493 bits per heavy atom. The number of ether oxygens (including phenoxy) is 1. The lowest BCUT2D eigenvalue weighted by Crippen LogP contribution is -2.41. The highest BCUT2D eigenvalue weighted by atomic mass is 16.5. The molecule has 0 aromatic carbocycles. The maximum Gasteiger partial charge on any atom is 0.320 e. The van der Waals surface area contributed by atoms with Crippen LogP contribution in [0.2, 0.25) is 0 Å². The van der Waals surface area contributed by atoms with E-state index in [1.165, 1.54) is 142 Å². The third-order valence-corrected chi connectivity index (χ3v) is 22.7. The second kappa shape index (κ2) is 111. The maximum absolute atomic E-state index is 11.8. The number of carbonyl (C=O) groups excluding carboxylic acids is 4. The molecule has 144 heavy (non-hydrogen) atoms. The third kappa shape index (κ3) is 139. The number of amides is 4. The lowest BCUT2D eigenvalue weighted by Gasteiger charge is -2.18. The number of hydrogen-bond acceptors (Lipinski definition) is 19. The van der Waals surface area contributed by atoms with E-state index in [-0.39, 0.29) is 78.2 Å². The first-order chi connectivity index (χ1) is 67.3. The van der Waals surface area contributed by atoms with Crippen LogP contribution in [0.4, 0.5) is 0 Å². The second-order valence-corrected chi connectivity index (χ2v) is 45.9. The van der Waals surface area contributed by atoms with Gasteiger partial charge in [-0.25, -0.2) is 0 Å². The number of rotatable bonds is 78. The van der Waals surface area contributed by atoms with Crippen LogP contribution in [0, 0.1) is 76.9 Å². The van der Waals surface area contributed by atoms with E-state index in [0.717, 1.165) is 101 Å². The molecule has 0 heterocycles. The van der Waals surface area contributed by atoms with E-state index in [1.54, 1.807) is 0 Å². The summed E-state index contributed by atoms with van der Waals surface area (Å²) in [5.41, 5.74) is 0. The normalized spacial score (nSPS) is 12.5. The van der Waals surface area contributed by atoms with Crippen molar-refractivity contribution in [2.24, 2.45) is 65.1 Å². The smallest absolute Gasteiger partial charge is 0.320 e. The summed E-state index contributed by atoms with van der Waals surface area (Å²) in [6, 6.07) is 1.75. The monoisotopic (exact) mass is 2060 g/mol. The standard InChI is InChI=1S/C15H30N2O4.C15H30N2O3.C14H28N2O3.C13H29N.C13H25N.C12H26N2O2.C12H25NO2.C12H27N.C11H25N/c1-10(2)12(9-18)14(19)16-8-6-5-7-13(15(20)21)17-11(3)4;1-10(2)12(5)14(18)16-9-7-6-8-13(15(19)20)17-11(3)4;1-10(2)9-13(17)15-8-6-5-7-12(14(18)19)16-11(3)4;2*1-12(2)10-8-6-5-7-9-11-14-13(3)4;1-10(2)9-12(15)14-6-8-16-7-5-13-11(3)4;1-9(2)7-5-6-8-11(12(14)15)13-10(3)4;1-11(2)9-7-5-6-8-10-13-12(3)4;1-10(2)8-6-5-7-9-12-11(3)4/h10-13,17-18H,5-9H2,1-4H3,(H,16,19)(H,20,21);10-13,17H,6-9H2,1-5H3,(H,16,18)(H,19,20);10-12,16H,5-9H2,1-4H3,(H,15,17)(H,18,19);12-14H,5-11H2,1-4H3;12-14H,5-6,8,10-11H2,1-4H3;10-11,13H,5-9H2,1-4H3,(H,14,15);9-11,13H,5-8H2,1-4H3,(H,14,15);11-13H,5-10H2,1-4H3;10-12H,5-9H2,1-4H3/t2*12-,13-;12-;;;;11-;;/m000...0../s1.